The van der Waals surface area contributed by atoms with Crippen molar-refractivity contribution in [2.24, 2.45) is 5.73 Å². The quantitative estimate of drug-likeness (QED) is 0.773. The molecule has 1 rings (SSSR count). The Kier molecular flexibility index (Phi) is 6.21. The van der Waals surface area contributed by atoms with E-state index >= 15 is 0 Å². The highest BCUT2D eigenvalue weighted by Crippen LogP contribution is 2.27. The summed E-state index contributed by atoms with van der Waals surface area (Å²) in [6, 6.07) is 7.64. The molecule has 0 saturated heterocycles. The molecule has 0 aliphatic heterocycles. The lowest BCUT2D eigenvalue weighted by Crippen LogP contribution is -2.34. The first-order valence-corrected chi connectivity index (χ1v) is 6.71. The van der Waals surface area contributed by atoms with Gasteiger partial charge < -0.3 is 10.8 Å². The molecular formula is C12H18ClNOS. The summed E-state index contributed by atoms with van der Waals surface area (Å²) in [6.45, 7) is 2.20. The summed E-state index contributed by atoms with van der Waals surface area (Å²) in [6.07, 6.45) is 1.98. The Labute approximate surface area is 106 Å². The van der Waals surface area contributed by atoms with Crippen molar-refractivity contribution in [3.8, 4) is 0 Å². The maximum Gasteiger partial charge on any atom is 0.0568 e. The Morgan fingerprint density at radius 1 is 1.38 bits per heavy atom. The van der Waals surface area contributed by atoms with Gasteiger partial charge in [-0.1, -0.05) is 24.9 Å². The molecule has 0 heterocycles. The minimum Gasteiger partial charge on any atom is -0.395 e. The maximum absolute atomic E-state index is 9.31. The van der Waals surface area contributed by atoms with Gasteiger partial charge in [0, 0.05) is 21.2 Å². The fourth-order valence-corrected chi connectivity index (χ4v) is 2.62. The summed E-state index contributed by atoms with van der Waals surface area (Å²) < 4.78 is 0. The molecule has 1 aromatic rings. The highest BCUT2D eigenvalue weighted by molar-refractivity contribution is 8.00. The lowest BCUT2D eigenvalue weighted by atomic mass is 10.1. The van der Waals surface area contributed by atoms with Crippen LogP contribution in [0.3, 0.4) is 0 Å². The summed E-state index contributed by atoms with van der Waals surface area (Å²) in [5.41, 5.74) is 6.01. The number of thioether (sulfide) groups is 1. The van der Waals surface area contributed by atoms with E-state index in [1.807, 2.05) is 24.3 Å². The molecule has 0 spiro atoms. The first-order valence-electron chi connectivity index (χ1n) is 5.46. The monoisotopic (exact) mass is 259 g/mol. The Morgan fingerprint density at radius 3 is 2.50 bits per heavy atom. The summed E-state index contributed by atoms with van der Waals surface area (Å²) >= 11 is 7.42. The van der Waals surface area contributed by atoms with Crippen molar-refractivity contribution >= 4 is 23.4 Å². The van der Waals surface area contributed by atoms with E-state index in [-0.39, 0.29) is 17.9 Å². The van der Waals surface area contributed by atoms with Crippen LogP contribution >= 0.6 is 23.4 Å². The van der Waals surface area contributed by atoms with Crippen LogP contribution in [0, 0.1) is 0 Å². The molecule has 1 aromatic carbocycles. The molecule has 2 nitrogen and oxygen atoms in total. The number of nitrogens with two attached hydrogens (primary N) is 1. The highest BCUT2D eigenvalue weighted by atomic mass is 35.5. The van der Waals surface area contributed by atoms with E-state index in [9.17, 15) is 5.11 Å². The topological polar surface area (TPSA) is 46.2 Å². The third-order valence-corrected chi connectivity index (χ3v) is 3.98. The molecule has 2 unspecified atom stereocenters. The summed E-state index contributed by atoms with van der Waals surface area (Å²) in [5.74, 6) is 0. The van der Waals surface area contributed by atoms with Crippen LogP contribution in [-0.2, 0) is 0 Å². The molecule has 90 valence electrons. The van der Waals surface area contributed by atoms with Gasteiger partial charge in [0.2, 0.25) is 0 Å². The summed E-state index contributed by atoms with van der Waals surface area (Å²) in [7, 11) is 0. The van der Waals surface area contributed by atoms with E-state index in [0.29, 0.717) is 0 Å². The van der Waals surface area contributed by atoms with Crippen LogP contribution in [0.15, 0.2) is 29.2 Å². The van der Waals surface area contributed by atoms with E-state index < -0.39 is 0 Å². The van der Waals surface area contributed by atoms with E-state index in [1.54, 1.807) is 11.8 Å². The molecule has 4 heteroatoms. The van der Waals surface area contributed by atoms with E-state index in [1.165, 1.54) is 0 Å². The van der Waals surface area contributed by atoms with Gasteiger partial charge in [0.1, 0.15) is 0 Å². The lowest BCUT2D eigenvalue weighted by Gasteiger charge is -2.20. The molecule has 0 aliphatic carbocycles. The van der Waals surface area contributed by atoms with Gasteiger partial charge in [-0.3, -0.25) is 0 Å². The molecule has 16 heavy (non-hydrogen) atoms. The molecule has 0 saturated carbocycles. The number of hydrogen-bond donors (Lipinski definition) is 2. The molecular weight excluding hydrogens is 242 g/mol. The van der Waals surface area contributed by atoms with Gasteiger partial charge in [-0.05, 0) is 30.7 Å². The Hall–Kier alpha value is -0.220. The largest absolute Gasteiger partial charge is 0.395 e. The second-order valence-corrected chi connectivity index (χ2v) is 5.49. The van der Waals surface area contributed by atoms with Gasteiger partial charge in [0.15, 0.2) is 0 Å². The Bertz CT molecular complexity index is 304. The molecule has 0 aromatic heterocycles. The van der Waals surface area contributed by atoms with Crippen molar-refractivity contribution in [1.82, 2.24) is 0 Å². The smallest absolute Gasteiger partial charge is 0.0568 e. The average Bonchev–Trinajstić information content (AvgIpc) is 2.28. The normalized spacial score (nSPS) is 14.8. The Morgan fingerprint density at radius 2 is 2.00 bits per heavy atom. The van der Waals surface area contributed by atoms with Gasteiger partial charge in [0.05, 0.1) is 6.61 Å². The Balaban J connectivity index is 2.59. The predicted molar refractivity (Wildman–Crippen MR) is 71.1 cm³/mol. The fraction of sp³-hybridized carbons (Fsp3) is 0.500. The van der Waals surface area contributed by atoms with Crippen molar-refractivity contribution < 1.29 is 5.11 Å². The standard InChI is InChI=1S/C12H18ClNOS/c1-2-3-11(14)12(8-15)16-10-6-4-9(13)5-7-10/h4-7,11-12,15H,2-3,8,14H2,1H3. The summed E-state index contributed by atoms with van der Waals surface area (Å²) in [4.78, 5) is 1.09. The van der Waals surface area contributed by atoms with E-state index in [2.05, 4.69) is 6.92 Å². The number of aliphatic hydroxyl groups excluding tert-OH is 1. The summed E-state index contributed by atoms with van der Waals surface area (Å²) in [5, 5.41) is 10.1. The van der Waals surface area contributed by atoms with Gasteiger partial charge in [-0.25, -0.2) is 0 Å². The molecule has 3 N–H and O–H groups in total. The van der Waals surface area contributed by atoms with Gasteiger partial charge >= 0.3 is 0 Å². The minimum atomic E-state index is 0.0377. The van der Waals surface area contributed by atoms with Crippen LogP contribution in [0.2, 0.25) is 5.02 Å². The number of hydrogen-bond acceptors (Lipinski definition) is 3. The zero-order valence-corrected chi connectivity index (χ0v) is 11.0. The number of rotatable bonds is 6. The van der Waals surface area contributed by atoms with E-state index in [4.69, 9.17) is 17.3 Å². The van der Waals surface area contributed by atoms with Gasteiger partial charge in [0.25, 0.3) is 0 Å². The molecule has 0 aliphatic rings. The van der Waals surface area contributed by atoms with Crippen molar-refractivity contribution in [2.75, 3.05) is 6.61 Å². The zero-order valence-electron chi connectivity index (χ0n) is 9.40. The second-order valence-electron chi connectivity index (χ2n) is 3.75. The highest BCUT2D eigenvalue weighted by Gasteiger charge is 2.17. The SMILES string of the molecule is CCCC(N)C(CO)Sc1ccc(Cl)cc1. The minimum absolute atomic E-state index is 0.0377. The van der Waals surface area contributed by atoms with Crippen LogP contribution in [-0.4, -0.2) is 23.0 Å². The van der Waals surface area contributed by atoms with E-state index in [0.717, 1.165) is 22.8 Å². The number of aliphatic hydroxyl groups is 1. The first kappa shape index (κ1) is 13.8. The molecule has 0 amide bonds. The third kappa shape index (κ3) is 4.34. The van der Waals surface area contributed by atoms with Crippen LogP contribution in [0.5, 0.6) is 0 Å². The predicted octanol–water partition coefficient (Wildman–Crippen LogP) is 2.92. The second kappa shape index (κ2) is 7.17. The molecule has 0 radical (unpaired) electrons. The first-order chi connectivity index (χ1) is 7.67. The number of halogens is 1. The van der Waals surface area contributed by atoms with Crippen LogP contribution < -0.4 is 5.73 Å². The average molecular weight is 260 g/mol. The third-order valence-electron chi connectivity index (χ3n) is 2.38. The van der Waals surface area contributed by atoms with Crippen molar-refractivity contribution in [3.05, 3.63) is 29.3 Å². The molecule has 0 fully saturated rings. The van der Waals surface area contributed by atoms with Crippen molar-refractivity contribution in [1.29, 1.82) is 0 Å². The van der Waals surface area contributed by atoms with Crippen LogP contribution in [0.4, 0.5) is 0 Å². The van der Waals surface area contributed by atoms with Gasteiger partial charge in [-0.2, -0.15) is 0 Å². The van der Waals surface area contributed by atoms with Gasteiger partial charge in [-0.15, -0.1) is 11.8 Å². The number of benzene rings is 1. The van der Waals surface area contributed by atoms with Crippen LogP contribution in [0.1, 0.15) is 19.8 Å². The lowest BCUT2D eigenvalue weighted by molar-refractivity contribution is 0.279. The van der Waals surface area contributed by atoms with Crippen molar-refractivity contribution in [3.63, 3.8) is 0 Å². The molecule has 0 bridgehead atoms. The van der Waals surface area contributed by atoms with Crippen LogP contribution in [0.25, 0.3) is 0 Å². The zero-order chi connectivity index (χ0) is 12.0. The molecule has 2 atom stereocenters. The maximum atomic E-state index is 9.31. The van der Waals surface area contributed by atoms with Crippen molar-refractivity contribution in [2.45, 2.75) is 36.0 Å². The fourth-order valence-electron chi connectivity index (χ4n) is 1.47.